The van der Waals surface area contributed by atoms with E-state index in [-0.39, 0.29) is 30.3 Å². The first-order chi connectivity index (χ1) is 13.0. The molecule has 1 aromatic carbocycles. The molecule has 1 N–H and O–H groups in total. The number of H-pyrrole nitrogens is 1. The lowest BCUT2D eigenvalue weighted by Gasteiger charge is -2.35. The molecule has 3 rings (SSSR count). The second-order valence-corrected chi connectivity index (χ2v) is 7.77. The Labute approximate surface area is 157 Å². The number of aromatic amines is 1. The molecule has 0 atom stereocenters. The third-order valence-corrected chi connectivity index (χ3v) is 6.23. The normalized spacial score (nSPS) is 15.6. The summed E-state index contributed by atoms with van der Waals surface area (Å²) in [5.41, 5.74) is 0.842. The van der Waals surface area contributed by atoms with Gasteiger partial charge in [0.15, 0.2) is 5.03 Å². The summed E-state index contributed by atoms with van der Waals surface area (Å²) in [6, 6.07) is 7.61. The van der Waals surface area contributed by atoms with Crippen LogP contribution in [0.4, 0.5) is 5.69 Å². The molecule has 146 valence electrons. The minimum Gasteiger partial charge on any atom is -0.495 e. The van der Waals surface area contributed by atoms with Crippen molar-refractivity contribution in [2.24, 2.45) is 0 Å². The lowest BCUT2D eigenvalue weighted by Crippen LogP contribution is -2.49. The van der Waals surface area contributed by atoms with Crippen LogP contribution in [0.25, 0.3) is 0 Å². The van der Waals surface area contributed by atoms with Crippen molar-refractivity contribution in [2.45, 2.75) is 11.9 Å². The number of nitrogens with zero attached hydrogens (tertiary/aromatic N) is 3. The van der Waals surface area contributed by atoms with Gasteiger partial charge in [0.25, 0.3) is 10.0 Å². The van der Waals surface area contributed by atoms with E-state index in [2.05, 4.69) is 15.1 Å². The molecule has 1 aromatic heterocycles. The van der Waals surface area contributed by atoms with E-state index in [1.807, 2.05) is 24.3 Å². The van der Waals surface area contributed by atoms with Gasteiger partial charge in [-0.05, 0) is 19.1 Å². The van der Waals surface area contributed by atoms with Gasteiger partial charge < -0.3 is 14.4 Å². The van der Waals surface area contributed by atoms with Crippen LogP contribution in [0.3, 0.4) is 0 Å². The number of aromatic nitrogens is 2. The molecule has 0 saturated carbocycles. The molecule has 9 nitrogen and oxygen atoms in total. The molecule has 0 unspecified atom stereocenters. The zero-order valence-electron chi connectivity index (χ0n) is 15.2. The Bertz CT molecular complexity index is 904. The Balaban J connectivity index is 1.76. The van der Waals surface area contributed by atoms with Crippen molar-refractivity contribution in [2.75, 3.05) is 44.8 Å². The fourth-order valence-corrected chi connectivity index (χ4v) is 4.50. The van der Waals surface area contributed by atoms with E-state index in [0.29, 0.717) is 13.1 Å². The highest BCUT2D eigenvalue weighted by molar-refractivity contribution is 7.89. The fourth-order valence-electron chi connectivity index (χ4n) is 3.01. The summed E-state index contributed by atoms with van der Waals surface area (Å²) in [4.78, 5) is 14.0. The van der Waals surface area contributed by atoms with Crippen LogP contribution >= 0.6 is 0 Å². The van der Waals surface area contributed by atoms with Gasteiger partial charge in [0.2, 0.25) is 0 Å². The molecule has 0 spiro atoms. The molecule has 0 aliphatic carbocycles. The van der Waals surface area contributed by atoms with Crippen LogP contribution < -0.4 is 9.64 Å². The number of methoxy groups -OCH3 is 1. The third-order valence-electron chi connectivity index (χ3n) is 4.36. The Morgan fingerprint density at radius 1 is 1.22 bits per heavy atom. The maximum atomic E-state index is 12.9. The SMILES string of the molecule is CCOC(=O)c1cn[nH]c1S(=O)(=O)N1CCN(c2ccccc2OC)CC1. The second kappa shape index (κ2) is 7.97. The van der Waals surface area contributed by atoms with E-state index in [9.17, 15) is 13.2 Å². The number of para-hydroxylation sites is 2. The molecule has 0 radical (unpaired) electrons. The number of carbonyl (C=O) groups is 1. The topological polar surface area (TPSA) is 105 Å². The number of hydrogen-bond donors (Lipinski definition) is 1. The summed E-state index contributed by atoms with van der Waals surface area (Å²) in [7, 11) is -2.27. The van der Waals surface area contributed by atoms with Crippen molar-refractivity contribution < 1.29 is 22.7 Å². The third kappa shape index (κ3) is 3.76. The fraction of sp³-hybridized carbons (Fsp3) is 0.412. The molecule has 2 aromatic rings. The predicted octanol–water partition coefficient (Wildman–Crippen LogP) is 1.11. The van der Waals surface area contributed by atoms with Gasteiger partial charge in [-0.2, -0.15) is 9.40 Å². The van der Waals surface area contributed by atoms with Crippen molar-refractivity contribution in [1.29, 1.82) is 0 Å². The number of rotatable bonds is 6. The van der Waals surface area contributed by atoms with Gasteiger partial charge in [-0.1, -0.05) is 12.1 Å². The average molecular weight is 394 g/mol. The lowest BCUT2D eigenvalue weighted by atomic mass is 10.2. The number of anilines is 1. The van der Waals surface area contributed by atoms with Gasteiger partial charge >= 0.3 is 5.97 Å². The highest BCUT2D eigenvalue weighted by Gasteiger charge is 2.34. The second-order valence-electron chi connectivity index (χ2n) is 5.90. The van der Waals surface area contributed by atoms with Crippen molar-refractivity contribution in [1.82, 2.24) is 14.5 Å². The number of sulfonamides is 1. The first kappa shape index (κ1) is 19.2. The van der Waals surface area contributed by atoms with Gasteiger partial charge in [-0.3, -0.25) is 5.10 Å². The van der Waals surface area contributed by atoms with Crippen LogP contribution in [-0.4, -0.2) is 68.8 Å². The van der Waals surface area contributed by atoms with E-state index >= 15 is 0 Å². The molecule has 1 aliphatic heterocycles. The molecule has 27 heavy (non-hydrogen) atoms. The van der Waals surface area contributed by atoms with Gasteiger partial charge in [0.1, 0.15) is 11.3 Å². The van der Waals surface area contributed by atoms with E-state index in [4.69, 9.17) is 9.47 Å². The number of ether oxygens (including phenoxy) is 2. The summed E-state index contributed by atoms with van der Waals surface area (Å²) in [5, 5.41) is 5.91. The van der Waals surface area contributed by atoms with E-state index in [0.717, 1.165) is 11.4 Å². The number of piperazine rings is 1. The summed E-state index contributed by atoms with van der Waals surface area (Å²) >= 11 is 0. The van der Waals surface area contributed by atoms with Crippen molar-refractivity contribution >= 4 is 21.7 Å². The predicted molar refractivity (Wildman–Crippen MR) is 98.5 cm³/mol. The van der Waals surface area contributed by atoms with E-state index in [1.165, 1.54) is 10.5 Å². The van der Waals surface area contributed by atoms with Crippen LogP contribution in [0.2, 0.25) is 0 Å². The first-order valence-electron chi connectivity index (χ1n) is 8.57. The Kier molecular flexibility index (Phi) is 5.66. The van der Waals surface area contributed by atoms with Crippen LogP contribution in [0.15, 0.2) is 35.5 Å². The molecular formula is C17H22N4O5S. The van der Waals surface area contributed by atoms with Crippen LogP contribution in [-0.2, 0) is 14.8 Å². The standard InChI is InChI=1S/C17H22N4O5S/c1-3-26-17(22)13-12-18-19-16(13)27(23,24)21-10-8-20(9-11-21)14-6-4-5-7-15(14)25-2/h4-7,12H,3,8-11H2,1-2H3,(H,18,19). The monoisotopic (exact) mass is 394 g/mol. The minimum atomic E-state index is -3.88. The highest BCUT2D eigenvalue weighted by Crippen LogP contribution is 2.29. The summed E-state index contributed by atoms with van der Waals surface area (Å²) in [6.07, 6.45) is 1.18. The van der Waals surface area contributed by atoms with Crippen LogP contribution in [0, 0.1) is 0 Å². The Morgan fingerprint density at radius 3 is 2.59 bits per heavy atom. The maximum Gasteiger partial charge on any atom is 0.342 e. The average Bonchev–Trinajstić information content (AvgIpc) is 3.19. The first-order valence-corrected chi connectivity index (χ1v) is 10.0. The number of nitrogens with one attached hydrogen (secondary N) is 1. The largest absolute Gasteiger partial charge is 0.495 e. The number of esters is 1. The summed E-state index contributed by atoms with van der Waals surface area (Å²) in [5.74, 6) is 0.0319. The zero-order chi connectivity index (χ0) is 19.4. The molecular weight excluding hydrogens is 372 g/mol. The Hall–Kier alpha value is -2.59. The maximum absolute atomic E-state index is 12.9. The van der Waals surface area contributed by atoms with Crippen molar-refractivity contribution in [3.63, 3.8) is 0 Å². The number of benzene rings is 1. The van der Waals surface area contributed by atoms with Gasteiger partial charge in [-0.25, -0.2) is 13.2 Å². The molecule has 2 heterocycles. The zero-order valence-corrected chi connectivity index (χ0v) is 16.0. The quantitative estimate of drug-likeness (QED) is 0.732. The summed E-state index contributed by atoms with van der Waals surface area (Å²) < 4.78 is 37.5. The highest BCUT2D eigenvalue weighted by atomic mass is 32.2. The minimum absolute atomic E-state index is 0.0796. The molecule has 10 heteroatoms. The molecule has 0 bridgehead atoms. The van der Waals surface area contributed by atoms with Gasteiger partial charge in [0, 0.05) is 26.2 Å². The number of carbonyl (C=O) groups excluding carboxylic acids is 1. The molecule has 0 amide bonds. The smallest absolute Gasteiger partial charge is 0.342 e. The van der Waals surface area contributed by atoms with Crippen molar-refractivity contribution in [3.8, 4) is 5.75 Å². The van der Waals surface area contributed by atoms with Crippen molar-refractivity contribution in [3.05, 3.63) is 36.0 Å². The lowest BCUT2D eigenvalue weighted by molar-refractivity contribution is 0.0521. The van der Waals surface area contributed by atoms with Crippen LogP contribution in [0.1, 0.15) is 17.3 Å². The van der Waals surface area contributed by atoms with Crippen LogP contribution in [0.5, 0.6) is 5.75 Å². The summed E-state index contributed by atoms with van der Waals surface area (Å²) in [6.45, 7) is 3.37. The molecule has 1 aliphatic rings. The van der Waals surface area contributed by atoms with Gasteiger partial charge in [-0.15, -0.1) is 0 Å². The molecule has 1 fully saturated rings. The Morgan fingerprint density at radius 2 is 1.93 bits per heavy atom. The number of hydrogen-bond acceptors (Lipinski definition) is 7. The van der Waals surface area contributed by atoms with E-state index in [1.54, 1.807) is 14.0 Å². The van der Waals surface area contributed by atoms with Gasteiger partial charge in [0.05, 0.1) is 25.6 Å². The molecule has 1 saturated heterocycles. The van der Waals surface area contributed by atoms with E-state index < -0.39 is 16.0 Å².